The van der Waals surface area contributed by atoms with Gasteiger partial charge in [0.25, 0.3) is 0 Å². The maximum absolute atomic E-state index is 3.77. The van der Waals surface area contributed by atoms with Gasteiger partial charge in [-0.05, 0) is 236 Å². The number of hydrogen-bond donors (Lipinski definition) is 0. The zero-order valence-electron chi connectivity index (χ0n) is 73.9. The fourth-order valence-corrected chi connectivity index (χ4v) is 24.0. The average molecular weight is 1900 g/mol. The molecule has 3 nitrogen and oxygen atoms in total. The molecule has 0 bridgehead atoms. The van der Waals surface area contributed by atoms with Crippen molar-refractivity contribution in [3.8, 4) is 117 Å². The summed E-state index contributed by atoms with van der Waals surface area (Å²) in [6, 6.07) is 169. The lowest BCUT2D eigenvalue weighted by atomic mass is 9.67. The van der Waals surface area contributed by atoms with Crippen LogP contribution < -0.4 is 0 Å². The molecule has 0 saturated heterocycles. The van der Waals surface area contributed by atoms with E-state index in [2.05, 4.69) is 550 Å². The summed E-state index contributed by atoms with van der Waals surface area (Å²) in [6.07, 6.45) is 0. The first-order valence-electron chi connectivity index (χ1n) is 45.8. The Morgan fingerprint density at radius 3 is 0.992 bits per heavy atom. The standard InChI is InChI=1S/C49H32BrN.2C39H28BrN/c50-46-24-11-8-20-39(46)35-15-13-14-33(30-35)34-26-28-43-42-22-9-12-25-47(42)51(48(43)31-34)38-27-29-41-40-21-7-10-23-44(40)49(45(41)32-38,36-16-3-1-4-17-36)37-18-5-2-6-19-37;1-39(2)32-16-6-3-15-31(32)38-33(39)17-10-20-36(38)41-35-19-8-5-14-29(35)30-22-21-26(24-37(30)41)25-11-9-12-27(23-25)28-13-4-7-18-34(28)40;1-39(2)33-17-6-3-14-29(33)32-16-10-20-36(38(32)39)41-35-19-8-5-15-30(35)31-22-21-26(24-37(31)41)25-11-9-12-27(23-25)28-13-4-7-18-34(28)40/h1-32H;2*3-24H,1-2H3. The Morgan fingerprint density at radius 2 is 0.511 bits per heavy atom. The van der Waals surface area contributed by atoms with Crippen LogP contribution in [0.25, 0.3) is 183 Å². The summed E-state index contributed by atoms with van der Waals surface area (Å²) in [5, 5.41) is 7.60. The van der Waals surface area contributed by atoms with Crippen molar-refractivity contribution in [1.29, 1.82) is 0 Å². The molecule has 3 heterocycles. The van der Waals surface area contributed by atoms with E-state index in [1.165, 1.54) is 221 Å². The summed E-state index contributed by atoms with van der Waals surface area (Å²) in [5.41, 5.74) is 43.5. The van der Waals surface area contributed by atoms with Gasteiger partial charge in [-0.15, -0.1) is 0 Å². The molecule has 0 amide bonds. The van der Waals surface area contributed by atoms with Gasteiger partial charge in [0.05, 0.1) is 49.9 Å². The van der Waals surface area contributed by atoms with Gasteiger partial charge in [-0.25, -0.2) is 0 Å². The molecule has 3 aromatic heterocycles. The molecular formula is C127H88Br3N3. The number of aromatic nitrogens is 3. The highest BCUT2D eigenvalue weighted by Crippen LogP contribution is 2.59. The van der Waals surface area contributed by atoms with Crippen LogP contribution >= 0.6 is 47.8 Å². The number of benzene rings is 20. The van der Waals surface area contributed by atoms with E-state index in [9.17, 15) is 0 Å². The number of rotatable bonds is 11. The topological polar surface area (TPSA) is 14.8 Å². The lowest BCUT2D eigenvalue weighted by molar-refractivity contribution is 0.656. The Balaban J connectivity index is 0.000000111. The molecule has 133 heavy (non-hydrogen) atoms. The maximum atomic E-state index is 3.77. The quantitative estimate of drug-likeness (QED) is 0.123. The number of para-hydroxylation sites is 3. The summed E-state index contributed by atoms with van der Waals surface area (Å²) < 4.78 is 10.8. The van der Waals surface area contributed by atoms with Crippen molar-refractivity contribution in [2.45, 2.75) is 43.9 Å². The smallest absolute Gasteiger partial charge is 0.0714 e. The van der Waals surface area contributed by atoms with E-state index < -0.39 is 5.41 Å². The average Bonchev–Trinajstić information content (AvgIpc) is 1.53. The molecule has 26 rings (SSSR count). The van der Waals surface area contributed by atoms with Crippen LogP contribution in [0.2, 0.25) is 0 Å². The molecule has 0 atom stereocenters. The van der Waals surface area contributed by atoms with E-state index in [0.717, 1.165) is 19.1 Å². The first-order valence-corrected chi connectivity index (χ1v) is 48.1. The van der Waals surface area contributed by atoms with E-state index in [0.29, 0.717) is 0 Å². The summed E-state index contributed by atoms with van der Waals surface area (Å²) in [7, 11) is 0. The minimum absolute atomic E-state index is 0.0436. The minimum Gasteiger partial charge on any atom is -0.309 e. The predicted octanol–water partition coefficient (Wildman–Crippen LogP) is 35.6. The van der Waals surface area contributed by atoms with E-state index in [-0.39, 0.29) is 10.8 Å². The Morgan fingerprint density at radius 1 is 0.188 bits per heavy atom. The molecule has 3 aliphatic rings. The largest absolute Gasteiger partial charge is 0.309 e. The highest BCUT2D eigenvalue weighted by Gasteiger charge is 2.47. The molecule has 23 aromatic rings. The molecule has 0 radical (unpaired) electrons. The maximum Gasteiger partial charge on any atom is 0.0714 e. The second kappa shape index (κ2) is 32.7. The summed E-state index contributed by atoms with van der Waals surface area (Å²) in [4.78, 5) is 0. The third-order valence-electron chi connectivity index (χ3n) is 28.5. The first kappa shape index (κ1) is 81.5. The monoisotopic (exact) mass is 1890 g/mol. The number of nitrogens with zero attached hydrogens (tertiary/aromatic N) is 3. The van der Waals surface area contributed by atoms with Gasteiger partial charge in [-0.1, -0.05) is 439 Å². The summed E-state index contributed by atoms with van der Waals surface area (Å²) in [6.45, 7) is 9.44. The highest BCUT2D eigenvalue weighted by atomic mass is 79.9. The third kappa shape index (κ3) is 13.3. The molecule has 0 N–H and O–H groups in total. The molecule has 0 fully saturated rings. The Labute approximate surface area is 800 Å². The minimum atomic E-state index is -0.458. The zero-order valence-corrected chi connectivity index (χ0v) is 78.6. The van der Waals surface area contributed by atoms with Crippen molar-refractivity contribution in [3.05, 3.63) is 519 Å². The lowest BCUT2D eigenvalue weighted by Crippen LogP contribution is -2.28. The third-order valence-corrected chi connectivity index (χ3v) is 30.6. The van der Waals surface area contributed by atoms with Crippen molar-refractivity contribution in [2.24, 2.45) is 0 Å². The molecule has 0 saturated carbocycles. The van der Waals surface area contributed by atoms with Crippen molar-refractivity contribution in [1.82, 2.24) is 13.7 Å². The molecule has 20 aromatic carbocycles. The molecule has 632 valence electrons. The predicted molar refractivity (Wildman–Crippen MR) is 570 cm³/mol. The van der Waals surface area contributed by atoms with Gasteiger partial charge in [0, 0.05) is 67.8 Å². The van der Waals surface area contributed by atoms with Crippen molar-refractivity contribution in [2.75, 3.05) is 0 Å². The van der Waals surface area contributed by atoms with E-state index in [1.807, 2.05) is 0 Å². The summed E-state index contributed by atoms with van der Waals surface area (Å²) in [5.74, 6) is 0. The van der Waals surface area contributed by atoms with Crippen molar-refractivity contribution in [3.63, 3.8) is 0 Å². The van der Waals surface area contributed by atoms with Gasteiger partial charge in [0.15, 0.2) is 0 Å². The van der Waals surface area contributed by atoms with Gasteiger partial charge >= 0.3 is 0 Å². The number of halogens is 3. The van der Waals surface area contributed by atoms with Gasteiger partial charge in [0.2, 0.25) is 0 Å². The van der Waals surface area contributed by atoms with Crippen LogP contribution in [0, 0.1) is 0 Å². The summed E-state index contributed by atoms with van der Waals surface area (Å²) >= 11 is 11.3. The zero-order chi connectivity index (χ0) is 89.4. The molecular weight excluding hydrogens is 1810 g/mol. The van der Waals surface area contributed by atoms with Crippen LogP contribution in [0.4, 0.5) is 0 Å². The van der Waals surface area contributed by atoms with Crippen molar-refractivity contribution < 1.29 is 0 Å². The molecule has 0 unspecified atom stereocenters. The Kier molecular flexibility index (Phi) is 20.0. The van der Waals surface area contributed by atoms with E-state index >= 15 is 0 Å². The number of hydrogen-bond acceptors (Lipinski definition) is 0. The van der Waals surface area contributed by atoms with Crippen LogP contribution in [0.1, 0.15) is 72.2 Å². The Bertz CT molecular complexity index is 8590. The fraction of sp³-hybridized carbons (Fsp3) is 0.0551. The van der Waals surface area contributed by atoms with Gasteiger partial charge in [-0.3, -0.25) is 0 Å². The first-order chi connectivity index (χ1) is 65.3. The van der Waals surface area contributed by atoms with E-state index in [1.54, 1.807) is 0 Å². The van der Waals surface area contributed by atoms with Crippen molar-refractivity contribution >= 4 is 113 Å². The van der Waals surface area contributed by atoms with Gasteiger partial charge in [-0.2, -0.15) is 0 Å². The Hall–Kier alpha value is -14.8. The molecule has 3 aliphatic carbocycles. The lowest BCUT2D eigenvalue weighted by Gasteiger charge is -2.34. The molecule has 0 aliphatic heterocycles. The van der Waals surface area contributed by atoms with Crippen LogP contribution in [-0.2, 0) is 16.2 Å². The normalized spacial score (nSPS) is 13.3. The molecule has 6 heteroatoms. The second-order valence-electron chi connectivity index (χ2n) is 36.4. The van der Waals surface area contributed by atoms with Crippen LogP contribution in [-0.4, -0.2) is 13.7 Å². The number of fused-ring (bicyclic) bond motifs is 18. The fourth-order valence-electron chi connectivity index (χ4n) is 22.4. The SMILES string of the molecule is Brc1ccccc1-c1cccc(-c2ccc3c4ccccc4n(-c4ccc5c(c4)C(c4ccccc4)(c4ccccc4)c4ccccc4-5)c3c2)c1.CC1(C)c2ccccc2-c2c(-n3c4ccccc4c4ccc(-c5cccc(-c6ccccc6Br)c5)cc43)cccc21.CC1(C)c2ccccc2-c2cccc(-n3c4ccccc4c4ccc(-c5cccc(-c6ccccc6Br)c5)cc43)c21. The van der Waals surface area contributed by atoms with Gasteiger partial charge < -0.3 is 13.7 Å². The van der Waals surface area contributed by atoms with E-state index in [4.69, 9.17) is 0 Å². The molecule has 0 spiro atoms. The van der Waals surface area contributed by atoms with Gasteiger partial charge in [0.1, 0.15) is 0 Å². The van der Waals surface area contributed by atoms with Crippen LogP contribution in [0.15, 0.2) is 474 Å². The van der Waals surface area contributed by atoms with Crippen LogP contribution in [0.5, 0.6) is 0 Å². The highest BCUT2D eigenvalue weighted by molar-refractivity contribution is 9.11. The second-order valence-corrected chi connectivity index (χ2v) is 39.0. The van der Waals surface area contributed by atoms with Crippen LogP contribution in [0.3, 0.4) is 0 Å².